The van der Waals surface area contributed by atoms with E-state index in [-0.39, 0.29) is 12.5 Å². The van der Waals surface area contributed by atoms with Crippen LogP contribution in [0.2, 0.25) is 0 Å². The maximum absolute atomic E-state index is 12.2. The topological polar surface area (TPSA) is 40.5 Å². The molecule has 1 N–H and O–H groups in total. The minimum absolute atomic E-state index is 0.0626. The highest BCUT2D eigenvalue weighted by atomic mass is 79.9. The van der Waals surface area contributed by atoms with Crippen molar-refractivity contribution in [2.24, 2.45) is 5.92 Å². The normalized spacial score (nSPS) is 19.5. The Morgan fingerprint density at radius 2 is 2.35 bits per heavy atom. The summed E-state index contributed by atoms with van der Waals surface area (Å²) in [6, 6.07) is 7.86. The number of benzene rings is 1. The van der Waals surface area contributed by atoms with Gasteiger partial charge in [0.1, 0.15) is 0 Å². The van der Waals surface area contributed by atoms with Gasteiger partial charge >= 0.3 is 0 Å². The summed E-state index contributed by atoms with van der Waals surface area (Å²) >= 11 is 3.42. The summed E-state index contributed by atoms with van der Waals surface area (Å²) in [7, 11) is 0. The Morgan fingerprint density at radius 1 is 1.50 bits per heavy atom. The van der Waals surface area contributed by atoms with Gasteiger partial charge in [0.25, 0.3) is 0 Å². The van der Waals surface area contributed by atoms with Gasteiger partial charge in [0.05, 0.1) is 0 Å². The fourth-order valence-corrected chi connectivity index (χ4v) is 2.98. The average molecular weight is 338 g/mol. The standard InChI is InChI=1S/C16H20BrNO2/c17-15-5-1-3-13(11-15)6-7-16(20)18-9-2-4-14(12-18)8-10-19/h1,3,5-7,11,14,19H,2,4,8-10,12H2. The number of likely N-dealkylation sites (tertiary alicyclic amines) is 1. The van der Waals surface area contributed by atoms with Crippen LogP contribution in [-0.4, -0.2) is 35.6 Å². The van der Waals surface area contributed by atoms with Gasteiger partial charge in [-0.3, -0.25) is 4.79 Å². The van der Waals surface area contributed by atoms with Crippen molar-refractivity contribution >= 4 is 27.9 Å². The lowest BCUT2D eigenvalue weighted by atomic mass is 9.95. The van der Waals surface area contributed by atoms with Crippen LogP contribution in [0.25, 0.3) is 6.08 Å². The molecule has 0 bridgehead atoms. The molecule has 4 heteroatoms. The molecule has 0 spiro atoms. The highest BCUT2D eigenvalue weighted by Gasteiger charge is 2.21. The van der Waals surface area contributed by atoms with Crippen LogP contribution in [0, 0.1) is 5.92 Å². The number of carbonyl (C=O) groups excluding carboxylic acids is 1. The lowest BCUT2D eigenvalue weighted by Gasteiger charge is -2.31. The molecule has 108 valence electrons. The highest BCUT2D eigenvalue weighted by Crippen LogP contribution is 2.20. The van der Waals surface area contributed by atoms with Crippen molar-refractivity contribution < 1.29 is 9.90 Å². The molecule has 2 rings (SSSR count). The molecule has 1 aliphatic heterocycles. The van der Waals surface area contributed by atoms with Crippen molar-refractivity contribution in [3.63, 3.8) is 0 Å². The van der Waals surface area contributed by atoms with Crippen LogP contribution in [0.3, 0.4) is 0 Å². The highest BCUT2D eigenvalue weighted by molar-refractivity contribution is 9.10. The van der Waals surface area contributed by atoms with Crippen LogP contribution in [0.1, 0.15) is 24.8 Å². The summed E-state index contributed by atoms with van der Waals surface area (Å²) in [5.41, 5.74) is 1.01. The van der Waals surface area contributed by atoms with Crippen LogP contribution in [0.4, 0.5) is 0 Å². The average Bonchev–Trinajstić information content (AvgIpc) is 2.45. The Kier molecular flexibility index (Phi) is 5.80. The predicted octanol–water partition coefficient (Wildman–Crippen LogP) is 3.08. The van der Waals surface area contributed by atoms with Gasteiger partial charge in [-0.2, -0.15) is 0 Å². The first kappa shape index (κ1) is 15.3. The first-order chi connectivity index (χ1) is 9.69. The molecule has 0 saturated carbocycles. The molecule has 1 fully saturated rings. The molecule has 3 nitrogen and oxygen atoms in total. The van der Waals surface area contributed by atoms with Crippen molar-refractivity contribution in [1.82, 2.24) is 4.90 Å². The summed E-state index contributed by atoms with van der Waals surface area (Å²) in [4.78, 5) is 14.1. The molecule has 0 radical (unpaired) electrons. The van der Waals surface area contributed by atoms with Crippen molar-refractivity contribution in [3.8, 4) is 0 Å². The summed E-state index contributed by atoms with van der Waals surface area (Å²) < 4.78 is 1.01. The van der Waals surface area contributed by atoms with Crippen molar-refractivity contribution in [1.29, 1.82) is 0 Å². The molecule has 1 unspecified atom stereocenters. The molecule has 1 aromatic carbocycles. The minimum Gasteiger partial charge on any atom is -0.396 e. The number of hydrogen-bond acceptors (Lipinski definition) is 2. The fourth-order valence-electron chi connectivity index (χ4n) is 2.57. The number of carbonyl (C=O) groups is 1. The van der Waals surface area contributed by atoms with Gasteiger partial charge in [0.2, 0.25) is 5.91 Å². The Morgan fingerprint density at radius 3 is 3.10 bits per heavy atom. The van der Waals surface area contributed by atoms with E-state index < -0.39 is 0 Å². The van der Waals surface area contributed by atoms with E-state index in [0.29, 0.717) is 5.92 Å². The number of halogens is 1. The van der Waals surface area contributed by atoms with E-state index in [0.717, 1.165) is 42.4 Å². The van der Waals surface area contributed by atoms with E-state index in [4.69, 9.17) is 5.11 Å². The zero-order valence-corrected chi connectivity index (χ0v) is 13.1. The van der Waals surface area contributed by atoms with Crippen LogP contribution >= 0.6 is 15.9 Å². The second-order valence-corrected chi connectivity index (χ2v) is 6.11. The number of piperidine rings is 1. The van der Waals surface area contributed by atoms with Crippen molar-refractivity contribution in [2.45, 2.75) is 19.3 Å². The third-order valence-corrected chi connectivity index (χ3v) is 4.13. The number of nitrogens with zero attached hydrogens (tertiary/aromatic N) is 1. The van der Waals surface area contributed by atoms with Crippen LogP contribution in [-0.2, 0) is 4.79 Å². The fraction of sp³-hybridized carbons (Fsp3) is 0.438. The van der Waals surface area contributed by atoms with E-state index in [2.05, 4.69) is 15.9 Å². The first-order valence-electron chi connectivity index (χ1n) is 7.02. The SMILES string of the molecule is O=C(C=Cc1cccc(Br)c1)N1CCCC(CCO)C1. The van der Waals surface area contributed by atoms with Crippen molar-refractivity contribution in [3.05, 3.63) is 40.4 Å². The van der Waals surface area contributed by atoms with E-state index in [1.165, 1.54) is 0 Å². The summed E-state index contributed by atoms with van der Waals surface area (Å²) in [5, 5.41) is 9.00. The first-order valence-corrected chi connectivity index (χ1v) is 7.82. The minimum atomic E-state index is 0.0626. The van der Waals surface area contributed by atoms with Crippen molar-refractivity contribution in [2.75, 3.05) is 19.7 Å². The molecule has 1 atom stereocenters. The Bertz CT molecular complexity index is 485. The van der Waals surface area contributed by atoms with E-state index in [1.807, 2.05) is 35.2 Å². The van der Waals surface area contributed by atoms with Gasteiger partial charge in [-0.15, -0.1) is 0 Å². The monoisotopic (exact) mass is 337 g/mol. The van der Waals surface area contributed by atoms with Gasteiger partial charge in [0, 0.05) is 30.2 Å². The van der Waals surface area contributed by atoms with Gasteiger partial charge in [-0.1, -0.05) is 28.1 Å². The largest absolute Gasteiger partial charge is 0.396 e. The lowest BCUT2D eigenvalue weighted by molar-refractivity contribution is -0.127. The molecule has 1 saturated heterocycles. The maximum Gasteiger partial charge on any atom is 0.246 e. The third kappa shape index (κ3) is 4.46. The Hall–Kier alpha value is -1.13. The molecule has 1 aliphatic rings. The molecule has 1 aromatic rings. The van der Waals surface area contributed by atoms with E-state index >= 15 is 0 Å². The van der Waals surface area contributed by atoms with E-state index in [9.17, 15) is 4.79 Å². The molecule has 1 heterocycles. The molecule has 1 amide bonds. The number of amides is 1. The lowest BCUT2D eigenvalue weighted by Crippen LogP contribution is -2.39. The number of aliphatic hydroxyl groups excluding tert-OH is 1. The molecular formula is C16H20BrNO2. The van der Waals surface area contributed by atoms with Gasteiger partial charge in [0.15, 0.2) is 0 Å². The van der Waals surface area contributed by atoms with Crippen LogP contribution in [0.5, 0.6) is 0 Å². The Labute approximate surface area is 128 Å². The molecule has 20 heavy (non-hydrogen) atoms. The summed E-state index contributed by atoms with van der Waals surface area (Å²) in [6.07, 6.45) is 6.42. The summed E-state index contributed by atoms with van der Waals surface area (Å²) in [5.74, 6) is 0.504. The quantitative estimate of drug-likeness (QED) is 0.857. The summed E-state index contributed by atoms with van der Waals surface area (Å²) in [6.45, 7) is 1.80. The molecule has 0 aromatic heterocycles. The predicted molar refractivity (Wildman–Crippen MR) is 84.2 cm³/mol. The second kappa shape index (κ2) is 7.60. The zero-order valence-electron chi connectivity index (χ0n) is 11.5. The molecule has 0 aliphatic carbocycles. The molecular weight excluding hydrogens is 318 g/mol. The van der Waals surface area contributed by atoms with Gasteiger partial charge < -0.3 is 10.0 Å². The van der Waals surface area contributed by atoms with Crippen LogP contribution in [0.15, 0.2) is 34.8 Å². The number of hydrogen-bond donors (Lipinski definition) is 1. The zero-order chi connectivity index (χ0) is 14.4. The van der Waals surface area contributed by atoms with Crippen LogP contribution < -0.4 is 0 Å². The third-order valence-electron chi connectivity index (χ3n) is 3.64. The Balaban J connectivity index is 1.94. The second-order valence-electron chi connectivity index (χ2n) is 5.19. The maximum atomic E-state index is 12.2. The number of aliphatic hydroxyl groups is 1. The van der Waals surface area contributed by atoms with E-state index in [1.54, 1.807) is 6.08 Å². The number of rotatable bonds is 4. The smallest absolute Gasteiger partial charge is 0.246 e. The van der Waals surface area contributed by atoms with Gasteiger partial charge in [-0.05, 0) is 49.0 Å². The van der Waals surface area contributed by atoms with Gasteiger partial charge in [-0.25, -0.2) is 0 Å².